The summed E-state index contributed by atoms with van der Waals surface area (Å²) in [6, 6.07) is 12.5. The maximum absolute atomic E-state index is 12.7. The summed E-state index contributed by atoms with van der Waals surface area (Å²) in [5.74, 6) is -0.406. The average molecular weight is 351 g/mol. The van der Waals surface area contributed by atoms with Crippen LogP contribution in [0.2, 0.25) is 0 Å². The lowest BCUT2D eigenvalue weighted by molar-refractivity contribution is -0.385. The van der Waals surface area contributed by atoms with E-state index in [0.29, 0.717) is 11.4 Å². The highest BCUT2D eigenvalue weighted by molar-refractivity contribution is 5.86. The highest BCUT2D eigenvalue weighted by Crippen LogP contribution is 2.21. The SMILES string of the molecule is Cc1c(N=Cc2cc([N+](=O)[O-])ccc2[O-])c(=O)n(-c2ccccc2)n1C. The molecule has 8 nitrogen and oxygen atoms in total. The molecule has 0 saturated carbocycles. The van der Waals surface area contributed by atoms with Crippen LogP contribution in [0.1, 0.15) is 11.3 Å². The van der Waals surface area contributed by atoms with Crippen LogP contribution < -0.4 is 10.7 Å². The molecule has 0 spiro atoms. The van der Waals surface area contributed by atoms with Gasteiger partial charge in [-0.3, -0.25) is 19.6 Å². The lowest BCUT2D eigenvalue weighted by atomic mass is 10.2. The largest absolute Gasteiger partial charge is 0.872 e. The molecule has 0 unspecified atom stereocenters. The topological polar surface area (TPSA) is 105 Å². The van der Waals surface area contributed by atoms with Crippen LogP contribution in [0.15, 0.2) is 58.3 Å². The summed E-state index contributed by atoms with van der Waals surface area (Å²) >= 11 is 0. The van der Waals surface area contributed by atoms with Gasteiger partial charge in [-0.15, -0.1) is 0 Å². The third-order valence-electron chi connectivity index (χ3n) is 4.06. The molecule has 0 N–H and O–H groups in total. The van der Waals surface area contributed by atoms with Crippen LogP contribution in [0.3, 0.4) is 0 Å². The Bertz CT molecular complexity index is 1060. The molecule has 0 saturated heterocycles. The van der Waals surface area contributed by atoms with Crippen LogP contribution >= 0.6 is 0 Å². The van der Waals surface area contributed by atoms with Crippen molar-refractivity contribution in [2.75, 3.05) is 0 Å². The van der Waals surface area contributed by atoms with Gasteiger partial charge in [-0.1, -0.05) is 30.0 Å². The molecule has 0 aliphatic rings. The Labute approximate surface area is 148 Å². The third kappa shape index (κ3) is 3.00. The lowest BCUT2D eigenvalue weighted by Gasteiger charge is -2.08. The predicted molar refractivity (Wildman–Crippen MR) is 95.5 cm³/mol. The minimum absolute atomic E-state index is 0.0492. The highest BCUT2D eigenvalue weighted by atomic mass is 16.6. The molecule has 0 atom stereocenters. The monoisotopic (exact) mass is 351 g/mol. The van der Waals surface area contributed by atoms with Gasteiger partial charge in [0.1, 0.15) is 0 Å². The van der Waals surface area contributed by atoms with Gasteiger partial charge >= 0.3 is 0 Å². The number of hydrogen-bond donors (Lipinski definition) is 0. The molecule has 2 aromatic carbocycles. The zero-order valence-corrected chi connectivity index (χ0v) is 14.1. The van der Waals surface area contributed by atoms with Crippen molar-refractivity contribution in [3.63, 3.8) is 0 Å². The first-order chi connectivity index (χ1) is 12.4. The molecule has 132 valence electrons. The van der Waals surface area contributed by atoms with Gasteiger partial charge in [-0.2, -0.15) is 0 Å². The summed E-state index contributed by atoms with van der Waals surface area (Å²) in [5, 5.41) is 22.7. The number of hydrogen-bond acceptors (Lipinski definition) is 5. The fraction of sp³-hybridized carbons (Fsp3) is 0.111. The van der Waals surface area contributed by atoms with Crippen LogP contribution in [0, 0.1) is 17.0 Å². The minimum Gasteiger partial charge on any atom is -0.872 e. The molecule has 0 bridgehead atoms. The summed E-state index contributed by atoms with van der Waals surface area (Å²) in [5.41, 5.74) is 0.954. The number of aliphatic imine (C=N–C) groups is 1. The molecule has 3 aromatic rings. The van der Waals surface area contributed by atoms with Crippen molar-refractivity contribution in [1.29, 1.82) is 0 Å². The van der Waals surface area contributed by atoms with Crippen molar-refractivity contribution >= 4 is 17.6 Å². The summed E-state index contributed by atoms with van der Waals surface area (Å²) in [4.78, 5) is 27.1. The van der Waals surface area contributed by atoms with E-state index in [9.17, 15) is 20.0 Å². The molecule has 1 heterocycles. The number of rotatable bonds is 4. The number of aromatic nitrogens is 2. The molecular formula is C18H15N4O4-. The smallest absolute Gasteiger partial charge is 0.297 e. The van der Waals surface area contributed by atoms with Crippen LogP contribution in [0.25, 0.3) is 5.69 Å². The van der Waals surface area contributed by atoms with Gasteiger partial charge in [0.05, 0.1) is 16.3 Å². The first-order valence-corrected chi connectivity index (χ1v) is 7.73. The molecule has 0 fully saturated rings. The van der Waals surface area contributed by atoms with Crippen molar-refractivity contribution in [1.82, 2.24) is 9.36 Å². The summed E-state index contributed by atoms with van der Waals surface area (Å²) in [7, 11) is 1.73. The maximum Gasteiger partial charge on any atom is 0.297 e. The molecule has 3 rings (SSSR count). The number of nitro benzene ring substituents is 1. The lowest BCUT2D eigenvalue weighted by Crippen LogP contribution is -2.19. The number of nitro groups is 1. The Balaban J connectivity index is 2.07. The Kier molecular flexibility index (Phi) is 4.40. The van der Waals surface area contributed by atoms with E-state index in [4.69, 9.17) is 0 Å². The van der Waals surface area contributed by atoms with E-state index in [1.165, 1.54) is 10.9 Å². The van der Waals surface area contributed by atoms with Gasteiger partial charge in [0.15, 0.2) is 5.69 Å². The average Bonchev–Trinajstić information content (AvgIpc) is 2.84. The second kappa shape index (κ2) is 6.67. The van der Waals surface area contributed by atoms with Gasteiger partial charge in [0.25, 0.3) is 11.2 Å². The Morgan fingerprint density at radius 3 is 2.50 bits per heavy atom. The van der Waals surface area contributed by atoms with E-state index in [2.05, 4.69) is 4.99 Å². The highest BCUT2D eigenvalue weighted by Gasteiger charge is 2.15. The van der Waals surface area contributed by atoms with Gasteiger partial charge in [0.2, 0.25) is 0 Å². The standard InChI is InChI=1S/C18H16N4O4/c1-12-17(18(24)21(20(12)2)14-6-4-3-5-7-14)19-11-13-10-15(22(25)26)8-9-16(13)23/h3-11,23H,1-2H3/p-1. The normalized spacial score (nSPS) is 11.2. The fourth-order valence-electron chi connectivity index (χ4n) is 2.59. The molecule has 26 heavy (non-hydrogen) atoms. The maximum atomic E-state index is 12.7. The second-order valence-electron chi connectivity index (χ2n) is 5.65. The minimum atomic E-state index is -0.590. The predicted octanol–water partition coefficient (Wildman–Crippen LogP) is 2.22. The molecule has 1 aromatic heterocycles. The Hall–Kier alpha value is -3.68. The summed E-state index contributed by atoms with van der Waals surface area (Å²) in [6.07, 6.45) is 1.19. The zero-order chi connectivity index (χ0) is 18.8. The zero-order valence-electron chi connectivity index (χ0n) is 14.1. The first kappa shape index (κ1) is 17.2. The van der Waals surface area contributed by atoms with E-state index in [1.807, 2.05) is 18.2 Å². The summed E-state index contributed by atoms with van der Waals surface area (Å²) < 4.78 is 3.13. The molecule has 8 heteroatoms. The van der Waals surface area contributed by atoms with E-state index >= 15 is 0 Å². The van der Waals surface area contributed by atoms with E-state index in [1.54, 1.807) is 30.8 Å². The number of nitrogens with zero attached hydrogens (tertiary/aromatic N) is 4. The van der Waals surface area contributed by atoms with Crippen molar-refractivity contribution in [2.24, 2.45) is 12.0 Å². The fourth-order valence-corrected chi connectivity index (χ4v) is 2.59. The van der Waals surface area contributed by atoms with Crippen molar-refractivity contribution < 1.29 is 10.0 Å². The Morgan fingerprint density at radius 2 is 1.85 bits per heavy atom. The number of para-hydroxylation sites is 1. The van der Waals surface area contributed by atoms with Crippen LogP contribution in [-0.4, -0.2) is 20.5 Å². The summed E-state index contributed by atoms with van der Waals surface area (Å²) in [6.45, 7) is 1.74. The van der Waals surface area contributed by atoms with Gasteiger partial charge in [-0.25, -0.2) is 9.67 Å². The molecule has 0 amide bonds. The quantitative estimate of drug-likeness (QED) is 0.408. The van der Waals surface area contributed by atoms with Gasteiger partial charge < -0.3 is 5.11 Å². The molecule has 0 aliphatic carbocycles. The van der Waals surface area contributed by atoms with E-state index < -0.39 is 10.7 Å². The third-order valence-corrected chi connectivity index (χ3v) is 4.06. The first-order valence-electron chi connectivity index (χ1n) is 7.73. The van der Waals surface area contributed by atoms with Crippen LogP contribution in [0.4, 0.5) is 11.4 Å². The van der Waals surface area contributed by atoms with Gasteiger partial charge in [0, 0.05) is 25.4 Å². The van der Waals surface area contributed by atoms with Crippen molar-refractivity contribution in [3.8, 4) is 11.4 Å². The van der Waals surface area contributed by atoms with Crippen LogP contribution in [0.5, 0.6) is 5.75 Å². The number of benzene rings is 2. The van der Waals surface area contributed by atoms with Crippen molar-refractivity contribution in [3.05, 3.63) is 80.3 Å². The van der Waals surface area contributed by atoms with E-state index in [0.717, 1.165) is 18.2 Å². The van der Waals surface area contributed by atoms with Gasteiger partial charge in [-0.05, 0) is 24.6 Å². The molecule has 0 radical (unpaired) electrons. The number of non-ortho nitro benzene ring substituents is 1. The molecular weight excluding hydrogens is 336 g/mol. The van der Waals surface area contributed by atoms with E-state index in [-0.39, 0.29) is 22.5 Å². The van der Waals surface area contributed by atoms with Crippen molar-refractivity contribution in [2.45, 2.75) is 6.92 Å². The Morgan fingerprint density at radius 1 is 1.15 bits per heavy atom. The van der Waals surface area contributed by atoms with Crippen LogP contribution in [-0.2, 0) is 7.05 Å². The second-order valence-corrected chi connectivity index (χ2v) is 5.65. The molecule has 0 aliphatic heterocycles.